The van der Waals surface area contributed by atoms with E-state index >= 15 is 0 Å². The number of anilines is 2. The Kier molecular flexibility index (Phi) is 7.53. The van der Waals surface area contributed by atoms with Crippen LogP contribution in [0.25, 0.3) is 0 Å². The van der Waals surface area contributed by atoms with Crippen LogP contribution >= 0.6 is 0 Å². The molecular formula is C26H28N6O4. The van der Waals surface area contributed by atoms with Crippen LogP contribution in [0.3, 0.4) is 0 Å². The maximum absolute atomic E-state index is 12.1. The highest BCUT2D eigenvalue weighted by Crippen LogP contribution is 2.30. The predicted octanol–water partition coefficient (Wildman–Crippen LogP) is 2.76. The number of amides is 4. The van der Waals surface area contributed by atoms with Gasteiger partial charge in [0, 0.05) is 23.2 Å². The summed E-state index contributed by atoms with van der Waals surface area (Å²) in [6.07, 6.45) is 3.73. The summed E-state index contributed by atoms with van der Waals surface area (Å²) in [5.41, 5.74) is 8.24. The molecule has 186 valence electrons. The molecule has 0 heterocycles. The van der Waals surface area contributed by atoms with E-state index in [1.165, 1.54) is 0 Å². The molecule has 0 spiro atoms. The van der Waals surface area contributed by atoms with Gasteiger partial charge in [0.25, 0.3) is 0 Å². The highest BCUT2D eigenvalue weighted by atomic mass is 16.2. The molecule has 10 nitrogen and oxygen atoms in total. The van der Waals surface area contributed by atoms with E-state index in [-0.39, 0.29) is 23.7 Å². The molecule has 0 saturated heterocycles. The molecule has 2 aromatic carbocycles. The van der Waals surface area contributed by atoms with Crippen LogP contribution in [0, 0.1) is 11.8 Å². The summed E-state index contributed by atoms with van der Waals surface area (Å²) >= 11 is 0. The number of nitrogens with zero attached hydrogens (tertiary/aromatic N) is 2. The van der Waals surface area contributed by atoms with Crippen molar-refractivity contribution < 1.29 is 19.2 Å². The monoisotopic (exact) mass is 488 g/mol. The minimum atomic E-state index is -0.961. The van der Waals surface area contributed by atoms with E-state index in [0.717, 1.165) is 36.8 Å². The second kappa shape index (κ2) is 10.9. The molecule has 4 amide bonds. The van der Waals surface area contributed by atoms with Gasteiger partial charge in [-0.05, 0) is 74.9 Å². The summed E-state index contributed by atoms with van der Waals surface area (Å²) in [5, 5.41) is 13.6. The molecule has 0 aliphatic heterocycles. The molecule has 0 unspecified atom stereocenters. The summed E-state index contributed by atoms with van der Waals surface area (Å²) in [6.45, 7) is 3.38. The fourth-order valence-electron chi connectivity index (χ4n) is 3.27. The number of rotatable bonds is 8. The Morgan fingerprint density at radius 3 is 1.25 bits per heavy atom. The van der Waals surface area contributed by atoms with Crippen LogP contribution in [0.2, 0.25) is 0 Å². The second-order valence-electron chi connectivity index (χ2n) is 8.96. The Labute approximate surface area is 208 Å². The first kappa shape index (κ1) is 24.8. The van der Waals surface area contributed by atoms with Crippen LogP contribution < -0.4 is 21.5 Å². The number of benzene rings is 2. The van der Waals surface area contributed by atoms with E-state index in [2.05, 4.69) is 31.7 Å². The zero-order valence-electron chi connectivity index (χ0n) is 20.1. The first-order valence-corrected chi connectivity index (χ1v) is 11.8. The minimum absolute atomic E-state index is 0.0266. The largest absolute Gasteiger partial charge is 0.331 e. The molecule has 0 aromatic heterocycles. The maximum Gasteiger partial charge on any atom is 0.331 e. The topological polar surface area (TPSA) is 141 Å². The molecule has 10 heteroatoms. The molecule has 2 aromatic rings. The Balaban J connectivity index is 1.25. The zero-order valence-corrected chi connectivity index (χ0v) is 20.1. The summed E-state index contributed by atoms with van der Waals surface area (Å²) in [7, 11) is 0. The molecule has 0 atom stereocenters. The number of hydrazone groups is 2. The third-order valence-corrected chi connectivity index (χ3v) is 5.89. The van der Waals surface area contributed by atoms with Crippen LogP contribution in [0.5, 0.6) is 0 Å². The lowest BCUT2D eigenvalue weighted by Crippen LogP contribution is -2.36. The lowest BCUT2D eigenvalue weighted by molar-refractivity contribution is -0.139. The van der Waals surface area contributed by atoms with Crippen molar-refractivity contribution in [1.29, 1.82) is 0 Å². The molecule has 0 bridgehead atoms. The third-order valence-electron chi connectivity index (χ3n) is 5.89. The predicted molar refractivity (Wildman–Crippen MR) is 136 cm³/mol. The van der Waals surface area contributed by atoms with Crippen LogP contribution in [0.1, 0.15) is 50.7 Å². The minimum Gasteiger partial charge on any atom is -0.326 e. The molecular weight excluding hydrogens is 460 g/mol. The van der Waals surface area contributed by atoms with Crippen LogP contribution in [0.15, 0.2) is 58.7 Å². The highest BCUT2D eigenvalue weighted by Gasteiger charge is 2.30. The lowest BCUT2D eigenvalue weighted by atomic mass is 10.1. The summed E-state index contributed by atoms with van der Waals surface area (Å²) < 4.78 is 0. The standard InChI is InChI=1S/C26H28N6O4/c1-15(17-7-11-21(12-8-17)27-23(33)19-3-4-19)29-31-25(35)26(36)32-30-16(2)18-9-13-22(14-10-18)28-24(34)20-5-6-20/h7-14,19-20H,3-6H2,1-2H3,(H,27,33)(H,28,34)(H,31,35)(H,32,36)/b29-15+,30-16+. The Bertz CT molecular complexity index is 1130. The van der Waals surface area contributed by atoms with Gasteiger partial charge in [0.05, 0.1) is 11.4 Å². The first-order valence-electron chi connectivity index (χ1n) is 11.8. The lowest BCUT2D eigenvalue weighted by Gasteiger charge is -2.07. The molecule has 2 aliphatic rings. The number of hydrogen-bond acceptors (Lipinski definition) is 6. The molecule has 2 aliphatic carbocycles. The molecule has 36 heavy (non-hydrogen) atoms. The van der Waals surface area contributed by atoms with Gasteiger partial charge >= 0.3 is 11.8 Å². The van der Waals surface area contributed by atoms with Gasteiger partial charge in [-0.3, -0.25) is 19.2 Å². The highest BCUT2D eigenvalue weighted by molar-refractivity contribution is 6.35. The van der Waals surface area contributed by atoms with Crippen molar-refractivity contribution in [2.24, 2.45) is 22.0 Å². The quantitative estimate of drug-likeness (QED) is 0.258. The normalized spacial score (nSPS) is 15.6. The SMILES string of the molecule is C/C(=N\NC(=O)C(=O)N/N=C(\C)c1ccc(NC(=O)C2CC2)cc1)c1ccc(NC(=O)C2CC2)cc1. The Hall–Kier alpha value is -4.34. The summed E-state index contributed by atoms with van der Waals surface area (Å²) in [5.74, 6) is -1.63. The zero-order chi connectivity index (χ0) is 25.7. The average molecular weight is 489 g/mol. The van der Waals surface area contributed by atoms with E-state index in [1.807, 2.05) is 0 Å². The fourth-order valence-corrected chi connectivity index (χ4v) is 3.27. The van der Waals surface area contributed by atoms with E-state index in [0.29, 0.717) is 22.8 Å². The third kappa shape index (κ3) is 6.84. The van der Waals surface area contributed by atoms with E-state index in [4.69, 9.17) is 0 Å². The van der Waals surface area contributed by atoms with E-state index in [9.17, 15) is 19.2 Å². The maximum atomic E-state index is 12.1. The van der Waals surface area contributed by atoms with Gasteiger partial charge in [-0.2, -0.15) is 10.2 Å². The van der Waals surface area contributed by atoms with Crippen molar-refractivity contribution in [3.8, 4) is 0 Å². The van der Waals surface area contributed by atoms with Gasteiger partial charge in [0.15, 0.2) is 0 Å². The van der Waals surface area contributed by atoms with Crippen molar-refractivity contribution >= 4 is 46.4 Å². The van der Waals surface area contributed by atoms with Gasteiger partial charge in [0.2, 0.25) is 11.8 Å². The van der Waals surface area contributed by atoms with Gasteiger partial charge < -0.3 is 10.6 Å². The Morgan fingerprint density at radius 2 is 0.944 bits per heavy atom. The smallest absolute Gasteiger partial charge is 0.326 e. The van der Waals surface area contributed by atoms with Crippen molar-refractivity contribution in [2.75, 3.05) is 10.6 Å². The molecule has 4 rings (SSSR count). The Morgan fingerprint density at radius 1 is 0.611 bits per heavy atom. The fraction of sp³-hybridized carbons (Fsp3) is 0.308. The first-order chi connectivity index (χ1) is 17.3. The summed E-state index contributed by atoms with van der Waals surface area (Å²) in [4.78, 5) is 47.9. The number of hydrogen-bond donors (Lipinski definition) is 4. The van der Waals surface area contributed by atoms with E-state index < -0.39 is 11.8 Å². The van der Waals surface area contributed by atoms with Crippen molar-refractivity contribution in [3.63, 3.8) is 0 Å². The summed E-state index contributed by atoms with van der Waals surface area (Å²) in [6, 6.07) is 14.1. The molecule has 2 saturated carbocycles. The molecule has 0 radical (unpaired) electrons. The second-order valence-corrected chi connectivity index (χ2v) is 8.96. The van der Waals surface area contributed by atoms with Crippen LogP contribution in [-0.4, -0.2) is 35.1 Å². The number of carbonyl (C=O) groups is 4. The van der Waals surface area contributed by atoms with Gasteiger partial charge in [-0.25, -0.2) is 10.9 Å². The van der Waals surface area contributed by atoms with Gasteiger partial charge in [-0.15, -0.1) is 0 Å². The number of carbonyl (C=O) groups excluding carboxylic acids is 4. The van der Waals surface area contributed by atoms with Crippen LogP contribution in [0.4, 0.5) is 11.4 Å². The van der Waals surface area contributed by atoms with Crippen molar-refractivity contribution in [1.82, 2.24) is 10.9 Å². The molecule has 4 N–H and O–H groups in total. The number of nitrogens with one attached hydrogen (secondary N) is 4. The van der Waals surface area contributed by atoms with Gasteiger partial charge in [-0.1, -0.05) is 24.3 Å². The van der Waals surface area contributed by atoms with Crippen molar-refractivity contribution in [3.05, 3.63) is 59.7 Å². The van der Waals surface area contributed by atoms with Crippen LogP contribution in [-0.2, 0) is 19.2 Å². The van der Waals surface area contributed by atoms with Crippen molar-refractivity contribution in [2.45, 2.75) is 39.5 Å². The average Bonchev–Trinajstić information content (AvgIpc) is 3.79. The van der Waals surface area contributed by atoms with E-state index in [1.54, 1.807) is 62.4 Å². The molecule has 2 fully saturated rings. The van der Waals surface area contributed by atoms with Gasteiger partial charge in [0.1, 0.15) is 0 Å².